The largest absolute Gasteiger partial charge is 0.301 e. The Balaban J connectivity index is 2.52. The summed E-state index contributed by atoms with van der Waals surface area (Å²) in [7, 11) is 0. The lowest BCUT2D eigenvalue weighted by molar-refractivity contribution is 0.162. The predicted octanol–water partition coefficient (Wildman–Crippen LogP) is 3.41. The molecule has 0 saturated carbocycles. The minimum atomic E-state index is 0.682. The number of piperidine rings is 1. The van der Waals surface area contributed by atoms with Crippen LogP contribution in [0.15, 0.2) is 37.0 Å². The first-order valence-corrected chi connectivity index (χ1v) is 5.88. The zero-order valence-electron chi connectivity index (χ0n) is 10.1. The predicted molar refractivity (Wildman–Crippen MR) is 67.9 cm³/mol. The summed E-state index contributed by atoms with van der Waals surface area (Å²) in [6.07, 6.45) is 8.46. The first kappa shape index (κ1) is 12.3. The summed E-state index contributed by atoms with van der Waals surface area (Å²) in [5.74, 6) is 0.690. The molecule has 1 fully saturated rings. The van der Waals surface area contributed by atoms with Gasteiger partial charge in [0.25, 0.3) is 0 Å². The normalized spacial score (nSPS) is 20.6. The van der Waals surface area contributed by atoms with Crippen LogP contribution in [0.3, 0.4) is 0 Å². The molecule has 15 heavy (non-hydrogen) atoms. The summed E-state index contributed by atoms with van der Waals surface area (Å²) in [6.45, 7) is 14.6. The number of nitrogens with zero attached hydrogens (tertiary/aromatic N) is 1. The number of hydrogen-bond donors (Lipinski definition) is 0. The minimum absolute atomic E-state index is 0.682. The molecule has 0 radical (unpaired) electrons. The lowest BCUT2D eigenvalue weighted by Gasteiger charge is -2.35. The van der Waals surface area contributed by atoms with Crippen LogP contribution >= 0.6 is 0 Å². The smallest absolute Gasteiger partial charge is 0.00385 e. The Morgan fingerprint density at radius 2 is 1.87 bits per heavy atom. The molecule has 1 rings (SSSR count). The van der Waals surface area contributed by atoms with Gasteiger partial charge in [-0.15, -0.1) is 0 Å². The lowest BCUT2D eigenvalue weighted by atomic mass is 9.88. The molecular formula is C14H23N. The van der Waals surface area contributed by atoms with Gasteiger partial charge in [0, 0.05) is 6.04 Å². The SMILES string of the molecule is C=C/C=C(\C=C)C1CCN(C(C)C)CC1. The van der Waals surface area contributed by atoms with Crippen LogP contribution in [0.2, 0.25) is 0 Å². The molecular weight excluding hydrogens is 182 g/mol. The Morgan fingerprint density at radius 3 is 2.27 bits per heavy atom. The van der Waals surface area contributed by atoms with Crippen molar-refractivity contribution >= 4 is 0 Å². The molecule has 0 amide bonds. The van der Waals surface area contributed by atoms with E-state index in [4.69, 9.17) is 0 Å². The summed E-state index contributed by atoms with van der Waals surface area (Å²) in [5, 5.41) is 0. The van der Waals surface area contributed by atoms with Crippen molar-refractivity contribution in [3.8, 4) is 0 Å². The van der Waals surface area contributed by atoms with E-state index in [0.717, 1.165) is 0 Å². The topological polar surface area (TPSA) is 3.24 Å². The molecule has 0 aliphatic carbocycles. The molecule has 1 heterocycles. The molecule has 0 unspecified atom stereocenters. The van der Waals surface area contributed by atoms with Crippen LogP contribution in [0.5, 0.6) is 0 Å². The Morgan fingerprint density at radius 1 is 1.27 bits per heavy atom. The fourth-order valence-electron chi connectivity index (χ4n) is 2.26. The van der Waals surface area contributed by atoms with Gasteiger partial charge < -0.3 is 4.90 Å². The van der Waals surface area contributed by atoms with Crippen LogP contribution < -0.4 is 0 Å². The van der Waals surface area contributed by atoms with Gasteiger partial charge in [-0.25, -0.2) is 0 Å². The highest BCUT2D eigenvalue weighted by atomic mass is 15.1. The van der Waals surface area contributed by atoms with Crippen molar-refractivity contribution < 1.29 is 0 Å². The van der Waals surface area contributed by atoms with E-state index < -0.39 is 0 Å². The average Bonchev–Trinajstić information content (AvgIpc) is 2.26. The molecule has 0 N–H and O–H groups in total. The quantitative estimate of drug-likeness (QED) is 0.636. The van der Waals surface area contributed by atoms with Crippen molar-refractivity contribution in [1.82, 2.24) is 4.90 Å². The summed E-state index contributed by atoms with van der Waals surface area (Å²) < 4.78 is 0. The van der Waals surface area contributed by atoms with Gasteiger partial charge >= 0.3 is 0 Å². The van der Waals surface area contributed by atoms with Crippen LogP contribution in [0.4, 0.5) is 0 Å². The Bertz CT molecular complexity index is 242. The molecule has 0 aromatic heterocycles. The van der Waals surface area contributed by atoms with E-state index in [0.29, 0.717) is 12.0 Å². The zero-order valence-corrected chi connectivity index (χ0v) is 10.1. The summed E-state index contributed by atoms with van der Waals surface area (Å²) >= 11 is 0. The van der Waals surface area contributed by atoms with Gasteiger partial charge in [-0.1, -0.05) is 31.4 Å². The molecule has 0 bridgehead atoms. The highest BCUT2D eigenvalue weighted by Crippen LogP contribution is 2.26. The van der Waals surface area contributed by atoms with E-state index in [1.165, 1.54) is 31.5 Å². The summed E-state index contributed by atoms with van der Waals surface area (Å²) in [6, 6.07) is 0.682. The maximum atomic E-state index is 3.88. The monoisotopic (exact) mass is 205 g/mol. The molecule has 1 aliphatic rings. The third-order valence-electron chi connectivity index (χ3n) is 3.28. The maximum Gasteiger partial charge on any atom is 0.00385 e. The third kappa shape index (κ3) is 3.35. The fourth-order valence-corrected chi connectivity index (χ4v) is 2.26. The molecule has 0 aromatic carbocycles. The standard InChI is InChI=1S/C14H23N/c1-5-7-13(6-2)14-8-10-15(11-9-14)12(3)4/h5-7,12,14H,1-2,8-11H2,3-4H3/b13-7+. The zero-order chi connectivity index (χ0) is 11.3. The Labute approximate surface area is 94.2 Å². The first-order valence-electron chi connectivity index (χ1n) is 5.88. The van der Waals surface area contributed by atoms with Crippen LogP contribution in [0.25, 0.3) is 0 Å². The van der Waals surface area contributed by atoms with E-state index in [1.54, 1.807) is 0 Å². The van der Waals surface area contributed by atoms with Crippen molar-refractivity contribution in [1.29, 1.82) is 0 Å². The van der Waals surface area contributed by atoms with Gasteiger partial charge in [0.2, 0.25) is 0 Å². The Hall–Kier alpha value is -0.820. The van der Waals surface area contributed by atoms with E-state index in [-0.39, 0.29) is 0 Å². The molecule has 1 aliphatic heterocycles. The van der Waals surface area contributed by atoms with E-state index in [9.17, 15) is 0 Å². The summed E-state index contributed by atoms with van der Waals surface area (Å²) in [5.41, 5.74) is 1.36. The van der Waals surface area contributed by atoms with Gasteiger partial charge in [0.05, 0.1) is 0 Å². The molecule has 1 heteroatoms. The highest BCUT2D eigenvalue weighted by Gasteiger charge is 2.21. The average molecular weight is 205 g/mol. The lowest BCUT2D eigenvalue weighted by Crippen LogP contribution is -2.38. The molecule has 0 atom stereocenters. The first-order chi connectivity index (χ1) is 7.19. The van der Waals surface area contributed by atoms with Gasteiger partial charge in [0.1, 0.15) is 0 Å². The van der Waals surface area contributed by atoms with Gasteiger partial charge in [-0.05, 0) is 51.3 Å². The van der Waals surface area contributed by atoms with Crippen LogP contribution in [0.1, 0.15) is 26.7 Å². The molecule has 1 saturated heterocycles. The van der Waals surface area contributed by atoms with E-state index >= 15 is 0 Å². The van der Waals surface area contributed by atoms with Gasteiger partial charge in [-0.2, -0.15) is 0 Å². The minimum Gasteiger partial charge on any atom is -0.301 e. The van der Waals surface area contributed by atoms with Crippen molar-refractivity contribution in [3.05, 3.63) is 37.0 Å². The van der Waals surface area contributed by atoms with Crippen molar-refractivity contribution in [2.45, 2.75) is 32.7 Å². The summed E-state index contributed by atoms with van der Waals surface area (Å²) in [4.78, 5) is 2.55. The maximum absolute atomic E-state index is 3.88. The molecule has 1 nitrogen and oxygen atoms in total. The van der Waals surface area contributed by atoms with Gasteiger partial charge in [-0.3, -0.25) is 0 Å². The number of likely N-dealkylation sites (tertiary alicyclic amines) is 1. The third-order valence-corrected chi connectivity index (χ3v) is 3.28. The second-order valence-corrected chi connectivity index (χ2v) is 4.51. The van der Waals surface area contributed by atoms with Crippen molar-refractivity contribution in [3.63, 3.8) is 0 Å². The second kappa shape index (κ2) is 5.92. The number of allylic oxidation sites excluding steroid dienone is 4. The molecule has 84 valence electrons. The van der Waals surface area contributed by atoms with Crippen molar-refractivity contribution in [2.24, 2.45) is 5.92 Å². The molecule has 0 spiro atoms. The van der Waals surface area contributed by atoms with Gasteiger partial charge in [0.15, 0.2) is 0 Å². The highest BCUT2D eigenvalue weighted by molar-refractivity contribution is 5.24. The fraction of sp³-hybridized carbons (Fsp3) is 0.571. The van der Waals surface area contributed by atoms with Crippen LogP contribution in [-0.4, -0.2) is 24.0 Å². The Kier molecular flexibility index (Phi) is 4.83. The number of hydrogen-bond acceptors (Lipinski definition) is 1. The van der Waals surface area contributed by atoms with Crippen molar-refractivity contribution in [2.75, 3.05) is 13.1 Å². The number of rotatable bonds is 4. The molecule has 0 aromatic rings. The van der Waals surface area contributed by atoms with E-state index in [1.807, 2.05) is 12.2 Å². The van der Waals surface area contributed by atoms with Crippen LogP contribution in [-0.2, 0) is 0 Å². The van der Waals surface area contributed by atoms with Crippen LogP contribution in [0, 0.1) is 5.92 Å². The second-order valence-electron chi connectivity index (χ2n) is 4.51. The van der Waals surface area contributed by atoms with E-state index in [2.05, 4.69) is 38.0 Å².